The van der Waals surface area contributed by atoms with Gasteiger partial charge in [-0.2, -0.15) is 0 Å². The van der Waals surface area contributed by atoms with Gasteiger partial charge in [-0.25, -0.2) is 0 Å². The Balaban J connectivity index is 1.79. The zero-order valence-electron chi connectivity index (χ0n) is 14.2. The number of ketones is 1. The fourth-order valence-electron chi connectivity index (χ4n) is 2.80. The van der Waals surface area contributed by atoms with Gasteiger partial charge in [-0.05, 0) is 32.0 Å². The fraction of sp³-hybridized carbons (Fsp3) is 0.250. The van der Waals surface area contributed by atoms with Crippen LogP contribution >= 0.6 is 0 Å². The van der Waals surface area contributed by atoms with Gasteiger partial charge in [0.2, 0.25) is 0 Å². The third kappa shape index (κ3) is 3.27. The van der Waals surface area contributed by atoms with E-state index in [1.165, 1.54) is 0 Å². The van der Waals surface area contributed by atoms with E-state index >= 15 is 0 Å². The normalized spacial score (nSPS) is 11.0. The molecule has 0 bridgehead atoms. The molecule has 1 N–H and O–H groups in total. The summed E-state index contributed by atoms with van der Waals surface area (Å²) in [5.74, 6) is 0.823. The van der Waals surface area contributed by atoms with E-state index in [-0.39, 0.29) is 18.4 Å². The van der Waals surface area contributed by atoms with E-state index in [0.29, 0.717) is 0 Å². The molecule has 3 rings (SSSR count). The Hall–Kier alpha value is -2.75. The standard InChI is InChI=1S/C20H22N2O2/c1-14(2)24-20-11-7-5-9-17(20)21-12-19(23)16-13-22(3)18-10-6-4-8-15(16)18/h4-11,13-14,21H,12H2,1-3H3. The lowest BCUT2D eigenvalue weighted by Crippen LogP contribution is -2.15. The van der Waals surface area contributed by atoms with Crippen LogP contribution in [0.4, 0.5) is 5.69 Å². The molecule has 4 nitrogen and oxygen atoms in total. The van der Waals surface area contributed by atoms with E-state index in [2.05, 4.69) is 5.32 Å². The van der Waals surface area contributed by atoms with Crippen LogP contribution < -0.4 is 10.1 Å². The molecule has 24 heavy (non-hydrogen) atoms. The molecule has 0 aliphatic rings. The number of ether oxygens (including phenoxy) is 1. The second-order valence-corrected chi connectivity index (χ2v) is 6.11. The molecular formula is C20H22N2O2. The first-order valence-electron chi connectivity index (χ1n) is 8.13. The van der Waals surface area contributed by atoms with Crippen molar-refractivity contribution in [1.29, 1.82) is 0 Å². The zero-order valence-corrected chi connectivity index (χ0v) is 14.2. The van der Waals surface area contributed by atoms with Gasteiger partial charge < -0.3 is 14.6 Å². The van der Waals surface area contributed by atoms with Crippen LogP contribution in [0.3, 0.4) is 0 Å². The van der Waals surface area contributed by atoms with Crippen molar-refractivity contribution >= 4 is 22.4 Å². The summed E-state index contributed by atoms with van der Waals surface area (Å²) in [7, 11) is 1.96. The van der Waals surface area contributed by atoms with Crippen LogP contribution in [0.25, 0.3) is 10.9 Å². The van der Waals surface area contributed by atoms with E-state index in [1.807, 2.05) is 80.2 Å². The molecule has 0 radical (unpaired) electrons. The van der Waals surface area contributed by atoms with Crippen molar-refractivity contribution in [2.24, 2.45) is 7.05 Å². The molecule has 0 unspecified atom stereocenters. The van der Waals surface area contributed by atoms with E-state index in [9.17, 15) is 4.79 Å². The first-order valence-corrected chi connectivity index (χ1v) is 8.13. The maximum atomic E-state index is 12.7. The van der Waals surface area contributed by atoms with Crippen LogP contribution in [0.2, 0.25) is 0 Å². The summed E-state index contributed by atoms with van der Waals surface area (Å²) in [5, 5.41) is 4.19. The Morgan fingerprint density at radius 1 is 1.12 bits per heavy atom. The fourth-order valence-corrected chi connectivity index (χ4v) is 2.80. The van der Waals surface area contributed by atoms with Crippen molar-refractivity contribution in [2.75, 3.05) is 11.9 Å². The molecule has 4 heteroatoms. The second-order valence-electron chi connectivity index (χ2n) is 6.11. The number of carbonyl (C=O) groups is 1. The molecule has 0 aliphatic carbocycles. The Kier molecular flexibility index (Phi) is 4.56. The summed E-state index contributed by atoms with van der Waals surface area (Å²) >= 11 is 0. The van der Waals surface area contributed by atoms with Crippen molar-refractivity contribution < 1.29 is 9.53 Å². The molecule has 3 aromatic rings. The lowest BCUT2D eigenvalue weighted by atomic mass is 10.1. The highest BCUT2D eigenvalue weighted by Crippen LogP contribution is 2.25. The Morgan fingerprint density at radius 2 is 1.83 bits per heavy atom. The maximum absolute atomic E-state index is 12.7. The predicted molar refractivity (Wildman–Crippen MR) is 97.9 cm³/mol. The third-order valence-electron chi connectivity index (χ3n) is 3.89. The van der Waals surface area contributed by atoms with Crippen LogP contribution in [0.1, 0.15) is 24.2 Å². The Bertz CT molecular complexity index is 865. The first kappa shape index (κ1) is 16.1. The Morgan fingerprint density at radius 3 is 2.62 bits per heavy atom. The molecule has 0 amide bonds. The van der Waals surface area contributed by atoms with Crippen molar-refractivity contribution in [3.05, 3.63) is 60.3 Å². The molecule has 0 spiro atoms. The van der Waals surface area contributed by atoms with Crippen molar-refractivity contribution in [1.82, 2.24) is 4.57 Å². The quantitative estimate of drug-likeness (QED) is 0.690. The predicted octanol–water partition coefficient (Wildman–Crippen LogP) is 4.26. The minimum atomic E-state index is 0.0613. The van der Waals surface area contributed by atoms with Gasteiger partial charge in [-0.15, -0.1) is 0 Å². The summed E-state index contributed by atoms with van der Waals surface area (Å²) in [6, 6.07) is 15.6. The van der Waals surface area contributed by atoms with E-state index in [0.717, 1.165) is 27.9 Å². The van der Waals surface area contributed by atoms with E-state index in [1.54, 1.807) is 0 Å². The minimum Gasteiger partial charge on any atom is -0.489 e. The highest BCUT2D eigenvalue weighted by atomic mass is 16.5. The number of anilines is 1. The number of fused-ring (bicyclic) bond motifs is 1. The number of carbonyl (C=O) groups excluding carboxylic acids is 1. The van der Waals surface area contributed by atoms with Gasteiger partial charge in [0.25, 0.3) is 0 Å². The number of Topliss-reactive ketones (excluding diaryl/α,β-unsaturated/α-hetero) is 1. The largest absolute Gasteiger partial charge is 0.489 e. The number of aryl methyl sites for hydroxylation is 1. The number of aromatic nitrogens is 1. The summed E-state index contributed by atoms with van der Waals surface area (Å²) in [6.07, 6.45) is 1.98. The Labute approximate surface area is 142 Å². The van der Waals surface area contributed by atoms with Gasteiger partial charge in [-0.3, -0.25) is 4.79 Å². The molecule has 2 aromatic carbocycles. The molecule has 0 atom stereocenters. The third-order valence-corrected chi connectivity index (χ3v) is 3.89. The summed E-state index contributed by atoms with van der Waals surface area (Å²) in [4.78, 5) is 12.7. The molecular weight excluding hydrogens is 300 g/mol. The van der Waals surface area contributed by atoms with Crippen molar-refractivity contribution in [3.63, 3.8) is 0 Å². The number of nitrogens with zero attached hydrogens (tertiary/aromatic N) is 1. The van der Waals surface area contributed by atoms with Gasteiger partial charge >= 0.3 is 0 Å². The maximum Gasteiger partial charge on any atom is 0.184 e. The second kappa shape index (κ2) is 6.79. The smallest absolute Gasteiger partial charge is 0.184 e. The highest BCUT2D eigenvalue weighted by molar-refractivity contribution is 6.09. The molecule has 0 fully saturated rings. The lowest BCUT2D eigenvalue weighted by molar-refractivity contribution is 0.101. The van der Waals surface area contributed by atoms with Crippen LogP contribution in [0.15, 0.2) is 54.7 Å². The van der Waals surface area contributed by atoms with Crippen LogP contribution in [-0.4, -0.2) is 23.0 Å². The summed E-state index contributed by atoms with van der Waals surface area (Å²) in [5.41, 5.74) is 2.63. The number of rotatable bonds is 6. The first-order chi connectivity index (χ1) is 11.6. The molecule has 124 valence electrons. The van der Waals surface area contributed by atoms with Crippen LogP contribution in [0.5, 0.6) is 5.75 Å². The lowest BCUT2D eigenvalue weighted by Gasteiger charge is -2.15. The van der Waals surface area contributed by atoms with E-state index < -0.39 is 0 Å². The van der Waals surface area contributed by atoms with Gasteiger partial charge in [0.05, 0.1) is 18.3 Å². The van der Waals surface area contributed by atoms with Crippen molar-refractivity contribution in [3.8, 4) is 5.75 Å². The minimum absolute atomic E-state index is 0.0613. The molecule has 1 aromatic heterocycles. The summed E-state index contributed by atoms with van der Waals surface area (Å²) in [6.45, 7) is 4.20. The SMILES string of the molecule is CC(C)Oc1ccccc1NCC(=O)c1cn(C)c2ccccc12. The molecule has 0 saturated carbocycles. The number of nitrogens with one attached hydrogen (secondary N) is 1. The molecule has 0 saturated heterocycles. The van der Waals surface area contributed by atoms with Crippen LogP contribution in [-0.2, 0) is 7.05 Å². The number of para-hydroxylation sites is 3. The van der Waals surface area contributed by atoms with Gasteiger partial charge in [0, 0.05) is 29.7 Å². The van der Waals surface area contributed by atoms with Gasteiger partial charge in [0.1, 0.15) is 5.75 Å². The molecule has 0 aliphatic heterocycles. The monoisotopic (exact) mass is 322 g/mol. The van der Waals surface area contributed by atoms with Gasteiger partial charge in [-0.1, -0.05) is 30.3 Å². The summed E-state index contributed by atoms with van der Waals surface area (Å²) < 4.78 is 7.76. The molecule has 1 heterocycles. The average molecular weight is 322 g/mol. The van der Waals surface area contributed by atoms with Crippen LogP contribution in [0, 0.1) is 0 Å². The number of hydrogen-bond acceptors (Lipinski definition) is 3. The number of benzene rings is 2. The average Bonchev–Trinajstić information content (AvgIpc) is 2.91. The zero-order chi connectivity index (χ0) is 17.1. The van der Waals surface area contributed by atoms with Crippen molar-refractivity contribution in [2.45, 2.75) is 20.0 Å². The number of hydrogen-bond donors (Lipinski definition) is 1. The highest BCUT2D eigenvalue weighted by Gasteiger charge is 2.14. The topological polar surface area (TPSA) is 43.3 Å². The van der Waals surface area contributed by atoms with Gasteiger partial charge in [0.15, 0.2) is 5.78 Å². The van der Waals surface area contributed by atoms with E-state index in [4.69, 9.17) is 4.74 Å².